The molecule has 3 aromatic rings. The molecule has 7 nitrogen and oxygen atoms in total. The number of aryl methyl sites for hydroxylation is 1. The van der Waals surface area contributed by atoms with E-state index in [9.17, 15) is 17.9 Å². The van der Waals surface area contributed by atoms with Crippen LogP contribution in [0, 0.1) is 5.82 Å². The number of nitrogens with zero attached hydrogens (tertiary/aromatic N) is 3. The van der Waals surface area contributed by atoms with Gasteiger partial charge < -0.3 is 4.74 Å². The summed E-state index contributed by atoms with van der Waals surface area (Å²) >= 11 is -2.28. The van der Waals surface area contributed by atoms with Crippen LogP contribution in [0.25, 0.3) is 10.9 Å². The number of methoxy groups -OCH3 is 1. The Labute approximate surface area is 164 Å². The van der Waals surface area contributed by atoms with Gasteiger partial charge in [0.15, 0.2) is 0 Å². The first kappa shape index (κ1) is 20.1. The number of carbonyl (C=O) groups excluding carboxylic acids is 1. The van der Waals surface area contributed by atoms with E-state index in [-0.39, 0.29) is 24.2 Å². The third-order valence-corrected chi connectivity index (χ3v) is 5.27. The third kappa shape index (κ3) is 4.27. The van der Waals surface area contributed by atoms with Crippen molar-refractivity contribution in [3.63, 3.8) is 0 Å². The molecule has 0 aliphatic carbocycles. The van der Waals surface area contributed by atoms with Gasteiger partial charge in [-0.2, -0.15) is 9.40 Å². The molecule has 1 unspecified atom stereocenters. The lowest BCUT2D eigenvalue weighted by molar-refractivity contribution is 0.0600. The topological polar surface area (TPSA) is 84.7 Å². The number of halogens is 1. The standard InChI is InChI=1S/C19H20FN3O4S/c1-22-18-13(4-3-5-15(18)11-21-22)8-9-23(28(25)26)12-16-7-6-14(10-17(16)20)19(24)27-2/h3-7,10-11H,8-9,12H2,1-2H3,(H,25,26). The molecule has 1 N–H and O–H groups in total. The van der Waals surface area contributed by atoms with Crippen molar-refractivity contribution in [1.29, 1.82) is 0 Å². The van der Waals surface area contributed by atoms with Gasteiger partial charge in [0.25, 0.3) is 0 Å². The second-order valence-corrected chi connectivity index (χ2v) is 7.24. The van der Waals surface area contributed by atoms with E-state index in [0.717, 1.165) is 22.5 Å². The molecule has 0 saturated heterocycles. The van der Waals surface area contributed by atoms with Crippen molar-refractivity contribution in [2.45, 2.75) is 13.0 Å². The quantitative estimate of drug-likeness (QED) is 0.483. The van der Waals surface area contributed by atoms with Crippen LogP contribution >= 0.6 is 0 Å². The molecule has 0 saturated carbocycles. The molecule has 0 aliphatic rings. The van der Waals surface area contributed by atoms with Gasteiger partial charge in [0.05, 0.1) is 24.4 Å². The largest absolute Gasteiger partial charge is 0.465 e. The molecule has 0 radical (unpaired) electrons. The first-order chi connectivity index (χ1) is 13.4. The fourth-order valence-electron chi connectivity index (χ4n) is 3.09. The van der Waals surface area contributed by atoms with Gasteiger partial charge in [0, 0.05) is 31.1 Å². The summed E-state index contributed by atoms with van der Waals surface area (Å²) in [4.78, 5) is 11.5. The van der Waals surface area contributed by atoms with Gasteiger partial charge in [-0.05, 0) is 24.1 Å². The number of esters is 1. The van der Waals surface area contributed by atoms with Crippen molar-refractivity contribution in [2.75, 3.05) is 13.7 Å². The maximum Gasteiger partial charge on any atom is 0.337 e. The zero-order valence-corrected chi connectivity index (χ0v) is 16.3. The van der Waals surface area contributed by atoms with Crippen LogP contribution in [0.3, 0.4) is 0 Å². The monoisotopic (exact) mass is 405 g/mol. The number of rotatable bonds is 7. The van der Waals surface area contributed by atoms with E-state index >= 15 is 0 Å². The number of benzene rings is 2. The average molecular weight is 405 g/mol. The second kappa shape index (κ2) is 8.59. The van der Waals surface area contributed by atoms with Crippen LogP contribution in [0.5, 0.6) is 0 Å². The summed E-state index contributed by atoms with van der Waals surface area (Å²) in [5, 5.41) is 5.22. The first-order valence-electron chi connectivity index (χ1n) is 8.53. The lowest BCUT2D eigenvalue weighted by Crippen LogP contribution is -2.28. The number of para-hydroxylation sites is 1. The number of hydrogen-bond acceptors (Lipinski definition) is 4. The zero-order chi connectivity index (χ0) is 20.3. The Morgan fingerprint density at radius 1 is 1.32 bits per heavy atom. The summed E-state index contributed by atoms with van der Waals surface area (Å²) in [5.74, 6) is -1.27. The molecule has 3 rings (SSSR count). The Morgan fingerprint density at radius 2 is 2.11 bits per heavy atom. The molecule has 0 amide bonds. The molecule has 148 valence electrons. The van der Waals surface area contributed by atoms with Gasteiger partial charge in [0.1, 0.15) is 5.82 Å². The van der Waals surface area contributed by atoms with E-state index in [4.69, 9.17) is 0 Å². The Hall–Kier alpha value is -2.62. The smallest absolute Gasteiger partial charge is 0.337 e. The van der Waals surface area contributed by atoms with Crippen LogP contribution in [0.15, 0.2) is 42.6 Å². The second-order valence-electron chi connectivity index (χ2n) is 6.27. The van der Waals surface area contributed by atoms with Crippen LogP contribution in [-0.2, 0) is 36.0 Å². The molecular formula is C19H20FN3O4S. The van der Waals surface area contributed by atoms with Gasteiger partial charge >= 0.3 is 5.97 Å². The van der Waals surface area contributed by atoms with Crippen LogP contribution in [0.4, 0.5) is 4.39 Å². The van der Waals surface area contributed by atoms with Gasteiger partial charge in [-0.15, -0.1) is 0 Å². The Balaban J connectivity index is 1.76. The summed E-state index contributed by atoms with van der Waals surface area (Å²) in [5.41, 5.74) is 2.24. The highest BCUT2D eigenvalue weighted by molar-refractivity contribution is 7.76. The van der Waals surface area contributed by atoms with Crippen molar-refractivity contribution < 1.29 is 22.7 Å². The van der Waals surface area contributed by atoms with Gasteiger partial charge in [-0.25, -0.2) is 13.4 Å². The average Bonchev–Trinajstić information content (AvgIpc) is 3.07. The number of aromatic nitrogens is 2. The predicted molar refractivity (Wildman–Crippen MR) is 103 cm³/mol. The van der Waals surface area contributed by atoms with E-state index in [1.54, 1.807) is 10.9 Å². The summed E-state index contributed by atoms with van der Waals surface area (Å²) < 4.78 is 43.3. The minimum absolute atomic E-state index is 0.0717. The fraction of sp³-hybridized carbons (Fsp3) is 0.263. The third-order valence-electron chi connectivity index (χ3n) is 4.52. The molecule has 0 bridgehead atoms. The molecule has 0 aliphatic heterocycles. The molecule has 2 aromatic carbocycles. The molecule has 0 fully saturated rings. The highest BCUT2D eigenvalue weighted by Gasteiger charge is 2.17. The van der Waals surface area contributed by atoms with E-state index in [2.05, 4.69) is 9.84 Å². The highest BCUT2D eigenvalue weighted by atomic mass is 32.2. The van der Waals surface area contributed by atoms with Crippen molar-refractivity contribution in [3.05, 3.63) is 65.1 Å². The molecular weight excluding hydrogens is 385 g/mol. The number of fused-ring (bicyclic) bond motifs is 1. The fourth-order valence-corrected chi connectivity index (χ4v) is 3.58. The van der Waals surface area contributed by atoms with Gasteiger partial charge in [-0.3, -0.25) is 9.23 Å². The Kier molecular flexibility index (Phi) is 6.18. The summed E-state index contributed by atoms with van der Waals surface area (Å²) in [6.45, 7) is 0.170. The van der Waals surface area contributed by atoms with Crippen molar-refractivity contribution in [3.8, 4) is 0 Å². The normalized spacial score (nSPS) is 12.5. The maximum absolute atomic E-state index is 14.3. The van der Waals surface area contributed by atoms with Crippen molar-refractivity contribution >= 4 is 28.1 Å². The van der Waals surface area contributed by atoms with Crippen molar-refractivity contribution in [1.82, 2.24) is 14.1 Å². The number of carbonyl (C=O) groups is 1. The lowest BCUT2D eigenvalue weighted by Gasteiger charge is -2.18. The summed E-state index contributed by atoms with van der Waals surface area (Å²) in [7, 11) is 3.06. The van der Waals surface area contributed by atoms with E-state index in [1.165, 1.54) is 23.5 Å². The minimum Gasteiger partial charge on any atom is -0.465 e. The molecule has 1 atom stereocenters. The summed E-state index contributed by atoms with van der Waals surface area (Å²) in [6.07, 6.45) is 2.25. The molecule has 0 spiro atoms. The Bertz CT molecular complexity index is 1040. The minimum atomic E-state index is -2.28. The number of hydrogen-bond donors (Lipinski definition) is 1. The molecule has 28 heavy (non-hydrogen) atoms. The predicted octanol–water partition coefficient (Wildman–Crippen LogP) is 2.68. The van der Waals surface area contributed by atoms with Crippen LogP contribution in [0.1, 0.15) is 21.5 Å². The first-order valence-corrected chi connectivity index (χ1v) is 9.59. The maximum atomic E-state index is 14.3. The number of ether oxygens (including phenoxy) is 1. The van der Waals surface area contributed by atoms with E-state index in [1.807, 2.05) is 25.2 Å². The highest BCUT2D eigenvalue weighted by Crippen LogP contribution is 2.20. The zero-order valence-electron chi connectivity index (χ0n) is 15.5. The summed E-state index contributed by atoms with van der Waals surface area (Å²) in [6, 6.07) is 9.71. The van der Waals surface area contributed by atoms with Crippen molar-refractivity contribution in [2.24, 2.45) is 7.05 Å². The Morgan fingerprint density at radius 3 is 2.79 bits per heavy atom. The van der Waals surface area contributed by atoms with E-state index < -0.39 is 23.1 Å². The van der Waals surface area contributed by atoms with Crippen LogP contribution < -0.4 is 0 Å². The molecule has 9 heteroatoms. The van der Waals surface area contributed by atoms with Crippen LogP contribution in [-0.4, -0.2) is 42.5 Å². The van der Waals surface area contributed by atoms with E-state index in [0.29, 0.717) is 6.42 Å². The lowest BCUT2D eigenvalue weighted by atomic mass is 10.1. The van der Waals surface area contributed by atoms with Gasteiger partial charge in [-0.1, -0.05) is 24.3 Å². The van der Waals surface area contributed by atoms with Gasteiger partial charge in [0.2, 0.25) is 11.3 Å². The molecule has 1 aromatic heterocycles. The van der Waals surface area contributed by atoms with Crippen LogP contribution in [0.2, 0.25) is 0 Å². The SMILES string of the molecule is COC(=O)c1ccc(CN(CCc2cccc3cnn(C)c23)S(=O)O)c(F)c1. The molecule has 1 heterocycles.